The molecule has 0 aliphatic rings. The van der Waals surface area contributed by atoms with E-state index in [0.717, 1.165) is 11.8 Å². The summed E-state index contributed by atoms with van der Waals surface area (Å²) in [4.78, 5) is 15.1. The lowest BCUT2D eigenvalue weighted by Gasteiger charge is -1.94. The summed E-state index contributed by atoms with van der Waals surface area (Å²) in [6.45, 7) is 0. The Morgan fingerprint density at radius 3 is 2.89 bits per heavy atom. The summed E-state index contributed by atoms with van der Waals surface area (Å²) in [5.41, 5.74) is 2.10. The second-order valence-electron chi connectivity index (χ2n) is 3.83. The molecule has 0 N–H and O–H groups in total. The number of nitrogens with zero attached hydrogens (tertiary/aromatic N) is 3. The third-order valence-corrected chi connectivity index (χ3v) is 2.81. The molecule has 2 heterocycles. The van der Waals surface area contributed by atoms with Crippen LogP contribution in [-0.2, 0) is 0 Å². The Balaban J connectivity index is 2.16. The van der Waals surface area contributed by atoms with Crippen LogP contribution in [0, 0.1) is 0 Å². The van der Waals surface area contributed by atoms with Gasteiger partial charge in [-0.15, -0.1) is 5.10 Å². The number of aromatic nitrogens is 3. The van der Waals surface area contributed by atoms with Gasteiger partial charge in [-0.1, -0.05) is 23.7 Å². The van der Waals surface area contributed by atoms with Crippen molar-refractivity contribution in [2.24, 2.45) is 0 Å². The number of halogens is 1. The lowest BCUT2D eigenvalue weighted by molar-refractivity contribution is 0.112. The minimum atomic E-state index is 0.560. The molecule has 0 aliphatic heterocycles. The maximum atomic E-state index is 10.7. The Bertz CT molecular complexity index is 736. The Morgan fingerprint density at radius 1 is 1.22 bits per heavy atom. The summed E-state index contributed by atoms with van der Waals surface area (Å²) in [5.74, 6) is 0.584. The number of rotatable bonds is 2. The van der Waals surface area contributed by atoms with Gasteiger partial charge in [-0.05, 0) is 24.3 Å². The number of carbonyl (C=O) groups excluding carboxylic acids is 1. The van der Waals surface area contributed by atoms with Gasteiger partial charge >= 0.3 is 0 Å². The van der Waals surface area contributed by atoms with Gasteiger partial charge in [-0.2, -0.15) is 0 Å². The van der Waals surface area contributed by atoms with Crippen molar-refractivity contribution >= 4 is 23.5 Å². The fraction of sp³-hybridized carbons (Fsp3) is 0. The highest BCUT2D eigenvalue weighted by Gasteiger charge is 2.06. The molecule has 0 radical (unpaired) electrons. The third-order valence-electron chi connectivity index (χ3n) is 2.57. The van der Waals surface area contributed by atoms with Crippen molar-refractivity contribution in [1.29, 1.82) is 0 Å². The van der Waals surface area contributed by atoms with Gasteiger partial charge in [0.1, 0.15) is 0 Å². The zero-order valence-corrected chi connectivity index (χ0v) is 10.0. The van der Waals surface area contributed by atoms with Crippen molar-refractivity contribution < 1.29 is 4.79 Å². The van der Waals surface area contributed by atoms with Crippen LogP contribution in [0.15, 0.2) is 42.6 Å². The second kappa shape index (κ2) is 4.23. The fourth-order valence-electron chi connectivity index (χ4n) is 1.72. The molecule has 0 spiro atoms. The van der Waals surface area contributed by atoms with Gasteiger partial charge in [-0.25, -0.2) is 9.50 Å². The summed E-state index contributed by atoms with van der Waals surface area (Å²) in [6.07, 6.45) is 2.42. The molecule has 0 bridgehead atoms. The first kappa shape index (κ1) is 10.9. The van der Waals surface area contributed by atoms with Crippen LogP contribution in [0.3, 0.4) is 0 Å². The first-order valence-corrected chi connectivity index (χ1v) is 5.71. The molecular formula is C13H8ClN3O. The van der Waals surface area contributed by atoms with E-state index in [0.29, 0.717) is 22.1 Å². The number of pyridine rings is 1. The highest BCUT2D eigenvalue weighted by Crippen LogP contribution is 2.20. The highest BCUT2D eigenvalue weighted by atomic mass is 35.5. The Hall–Kier alpha value is -2.20. The van der Waals surface area contributed by atoms with Crippen LogP contribution in [0.5, 0.6) is 0 Å². The van der Waals surface area contributed by atoms with Crippen molar-refractivity contribution in [2.45, 2.75) is 0 Å². The lowest BCUT2D eigenvalue weighted by atomic mass is 10.2. The van der Waals surface area contributed by atoms with E-state index in [-0.39, 0.29) is 0 Å². The molecule has 5 heteroatoms. The fourth-order valence-corrected chi connectivity index (χ4v) is 1.91. The van der Waals surface area contributed by atoms with E-state index in [2.05, 4.69) is 10.1 Å². The Morgan fingerprint density at radius 2 is 2.11 bits per heavy atom. The van der Waals surface area contributed by atoms with Gasteiger partial charge in [0.05, 0.1) is 0 Å². The molecule has 3 rings (SSSR count). The van der Waals surface area contributed by atoms with Crippen LogP contribution >= 0.6 is 11.6 Å². The van der Waals surface area contributed by atoms with Crippen LogP contribution in [-0.4, -0.2) is 20.9 Å². The van der Waals surface area contributed by atoms with Gasteiger partial charge in [0.2, 0.25) is 0 Å². The van der Waals surface area contributed by atoms with E-state index >= 15 is 0 Å². The largest absolute Gasteiger partial charge is 0.298 e. The van der Waals surface area contributed by atoms with Crippen molar-refractivity contribution in [3.63, 3.8) is 0 Å². The van der Waals surface area contributed by atoms with E-state index in [1.807, 2.05) is 12.1 Å². The predicted octanol–water partition coefficient (Wildman–Crippen LogP) is 2.86. The quantitative estimate of drug-likeness (QED) is 0.663. The molecule has 0 saturated carbocycles. The molecule has 4 nitrogen and oxygen atoms in total. The predicted molar refractivity (Wildman–Crippen MR) is 68.8 cm³/mol. The summed E-state index contributed by atoms with van der Waals surface area (Å²) in [5, 5.41) is 4.96. The average molecular weight is 258 g/mol. The molecule has 0 aliphatic carbocycles. The molecule has 3 aromatic rings. The van der Waals surface area contributed by atoms with Gasteiger partial charge in [0.15, 0.2) is 17.8 Å². The SMILES string of the molecule is O=Cc1ccc2nc(-c3cccc(Cl)c3)nn2c1. The molecule has 0 amide bonds. The summed E-state index contributed by atoms with van der Waals surface area (Å²) < 4.78 is 1.58. The van der Waals surface area contributed by atoms with Crippen LogP contribution < -0.4 is 0 Å². The molecule has 0 unspecified atom stereocenters. The number of aldehydes is 1. The molecule has 0 saturated heterocycles. The molecular weight excluding hydrogens is 250 g/mol. The number of benzene rings is 1. The van der Waals surface area contributed by atoms with Crippen LogP contribution in [0.4, 0.5) is 0 Å². The number of fused-ring (bicyclic) bond motifs is 1. The second-order valence-corrected chi connectivity index (χ2v) is 4.27. The topological polar surface area (TPSA) is 47.3 Å². The molecule has 18 heavy (non-hydrogen) atoms. The average Bonchev–Trinajstić information content (AvgIpc) is 2.81. The maximum absolute atomic E-state index is 10.7. The van der Waals surface area contributed by atoms with Gasteiger partial charge < -0.3 is 0 Å². The van der Waals surface area contributed by atoms with Crippen molar-refractivity contribution in [3.05, 3.63) is 53.2 Å². The van der Waals surface area contributed by atoms with Crippen molar-refractivity contribution in [2.75, 3.05) is 0 Å². The third kappa shape index (κ3) is 1.87. The van der Waals surface area contributed by atoms with E-state index < -0.39 is 0 Å². The standard InChI is InChI=1S/C13H8ClN3O/c14-11-3-1-2-10(6-11)13-15-12-5-4-9(8-18)7-17(12)16-13/h1-8H. The van der Waals surface area contributed by atoms with Gasteiger partial charge in [0, 0.05) is 22.3 Å². The molecule has 88 valence electrons. The normalized spacial score (nSPS) is 10.7. The van der Waals surface area contributed by atoms with E-state index in [1.165, 1.54) is 0 Å². The maximum Gasteiger partial charge on any atom is 0.182 e. The van der Waals surface area contributed by atoms with Gasteiger partial charge in [0.25, 0.3) is 0 Å². The smallest absolute Gasteiger partial charge is 0.182 e. The van der Waals surface area contributed by atoms with Gasteiger partial charge in [-0.3, -0.25) is 4.79 Å². The van der Waals surface area contributed by atoms with Crippen LogP contribution in [0.25, 0.3) is 17.0 Å². The van der Waals surface area contributed by atoms with Crippen LogP contribution in [0.2, 0.25) is 5.02 Å². The van der Waals surface area contributed by atoms with Crippen molar-refractivity contribution in [3.8, 4) is 11.4 Å². The molecule has 1 aromatic carbocycles. The molecule has 0 atom stereocenters. The Kier molecular flexibility index (Phi) is 2.57. The summed E-state index contributed by atoms with van der Waals surface area (Å²) in [6, 6.07) is 10.8. The van der Waals surface area contributed by atoms with Crippen LogP contribution in [0.1, 0.15) is 10.4 Å². The Labute approximate surface area is 108 Å². The zero-order chi connectivity index (χ0) is 12.5. The van der Waals surface area contributed by atoms with E-state index in [4.69, 9.17) is 11.6 Å². The minimum absolute atomic E-state index is 0.560. The summed E-state index contributed by atoms with van der Waals surface area (Å²) in [7, 11) is 0. The van der Waals surface area contributed by atoms with Crippen molar-refractivity contribution in [1.82, 2.24) is 14.6 Å². The number of hydrogen-bond acceptors (Lipinski definition) is 3. The zero-order valence-electron chi connectivity index (χ0n) is 9.25. The first-order chi connectivity index (χ1) is 8.76. The van der Waals surface area contributed by atoms with E-state index in [1.54, 1.807) is 35.0 Å². The monoisotopic (exact) mass is 257 g/mol. The number of carbonyl (C=O) groups is 1. The minimum Gasteiger partial charge on any atom is -0.298 e. The molecule has 0 fully saturated rings. The first-order valence-electron chi connectivity index (χ1n) is 5.34. The van der Waals surface area contributed by atoms with E-state index in [9.17, 15) is 4.79 Å². The number of hydrogen-bond donors (Lipinski definition) is 0. The summed E-state index contributed by atoms with van der Waals surface area (Å²) >= 11 is 5.93. The molecule has 2 aromatic heterocycles. The lowest BCUT2D eigenvalue weighted by Crippen LogP contribution is -1.90. The highest BCUT2D eigenvalue weighted by molar-refractivity contribution is 6.30.